The predicted molar refractivity (Wildman–Crippen MR) is 99.6 cm³/mol. The molecule has 2 aromatic carbocycles. The molecule has 7 heteroatoms. The van der Waals surface area contributed by atoms with Crippen molar-refractivity contribution in [3.63, 3.8) is 0 Å². The summed E-state index contributed by atoms with van der Waals surface area (Å²) in [5.74, 6) is -0.630. The van der Waals surface area contributed by atoms with Crippen molar-refractivity contribution in [3.05, 3.63) is 70.3 Å². The lowest BCUT2D eigenvalue weighted by Crippen LogP contribution is -2.32. The van der Waals surface area contributed by atoms with Crippen LogP contribution < -0.4 is 0 Å². The Morgan fingerprint density at radius 2 is 1.79 bits per heavy atom. The number of amides is 1. The van der Waals surface area contributed by atoms with Crippen molar-refractivity contribution in [2.45, 2.75) is 25.4 Å². The smallest absolute Gasteiger partial charge is 0.416 e. The van der Waals surface area contributed by atoms with Gasteiger partial charge in [0.2, 0.25) is 0 Å². The maximum Gasteiger partial charge on any atom is 0.416 e. The van der Waals surface area contributed by atoms with Crippen LogP contribution in [0.1, 0.15) is 43.8 Å². The maximum absolute atomic E-state index is 12.8. The molecule has 1 saturated heterocycles. The van der Waals surface area contributed by atoms with Gasteiger partial charge in [0, 0.05) is 18.7 Å². The van der Waals surface area contributed by atoms with Crippen LogP contribution in [0.5, 0.6) is 0 Å². The highest BCUT2D eigenvalue weighted by molar-refractivity contribution is 5.94. The monoisotopic (exact) mass is 403 g/mol. The first kappa shape index (κ1) is 19.5. The molecule has 1 fully saturated rings. The van der Waals surface area contributed by atoms with Gasteiger partial charge in [0.15, 0.2) is 0 Å². The Labute approximate surface area is 166 Å². The number of likely N-dealkylation sites (tertiary alicyclic amines) is 1. The Balaban J connectivity index is 1.51. The average molecular weight is 403 g/mol. The fourth-order valence-electron chi connectivity index (χ4n) is 4.53. The molecule has 0 aromatic heterocycles. The quantitative estimate of drug-likeness (QED) is 0.709. The number of nitrogens with zero attached hydrogens (tertiary/aromatic N) is 1. The molecule has 0 bridgehead atoms. The first-order valence-electron chi connectivity index (χ1n) is 9.38. The Hall–Kier alpha value is -2.83. The summed E-state index contributed by atoms with van der Waals surface area (Å²) in [6.45, 7) is 1.06. The maximum atomic E-state index is 12.8. The molecule has 2 aromatic rings. The van der Waals surface area contributed by atoms with Crippen molar-refractivity contribution in [1.82, 2.24) is 4.90 Å². The van der Waals surface area contributed by atoms with E-state index in [-0.39, 0.29) is 22.9 Å². The van der Waals surface area contributed by atoms with E-state index >= 15 is 0 Å². The number of hydrogen-bond donors (Lipinski definition) is 0. The van der Waals surface area contributed by atoms with Crippen LogP contribution in [0.25, 0.3) is 0 Å². The summed E-state index contributed by atoms with van der Waals surface area (Å²) in [7, 11) is 1.35. The summed E-state index contributed by atoms with van der Waals surface area (Å²) in [6, 6.07) is 9.93. The lowest BCUT2D eigenvalue weighted by Gasteiger charge is -2.24. The van der Waals surface area contributed by atoms with Gasteiger partial charge in [-0.15, -0.1) is 0 Å². The van der Waals surface area contributed by atoms with Crippen LogP contribution in [0, 0.1) is 5.41 Å². The second kappa shape index (κ2) is 6.90. The Morgan fingerprint density at radius 3 is 2.45 bits per heavy atom. The van der Waals surface area contributed by atoms with Crippen LogP contribution in [-0.4, -0.2) is 37.0 Å². The third kappa shape index (κ3) is 3.50. The molecule has 0 N–H and O–H groups in total. The number of ether oxygens (including phenoxy) is 1. The minimum absolute atomic E-state index is 0.145. The summed E-state index contributed by atoms with van der Waals surface area (Å²) < 4.78 is 43.1. The van der Waals surface area contributed by atoms with Crippen LogP contribution >= 0.6 is 0 Å². The molecule has 4 rings (SSSR count). The molecule has 1 unspecified atom stereocenters. The molecule has 1 aliphatic heterocycles. The molecular weight excluding hydrogens is 383 g/mol. The van der Waals surface area contributed by atoms with Crippen LogP contribution in [0.3, 0.4) is 0 Å². The standard InChI is InChI=1S/C22H20F3NO3/c1-29-20(28)17-4-2-3-15-11-21(12-18(15)17)9-10-26(13-21)19(27)14-5-7-16(8-6-14)22(23,24)25/h2-8H,9-13H2,1H3. The number of alkyl halides is 3. The molecule has 1 aliphatic carbocycles. The van der Waals surface area contributed by atoms with Crippen molar-refractivity contribution in [2.24, 2.45) is 5.41 Å². The van der Waals surface area contributed by atoms with Gasteiger partial charge in [-0.25, -0.2) is 4.79 Å². The number of carbonyl (C=O) groups is 2. The van der Waals surface area contributed by atoms with E-state index in [4.69, 9.17) is 4.74 Å². The molecule has 29 heavy (non-hydrogen) atoms. The summed E-state index contributed by atoms with van der Waals surface area (Å²) in [5.41, 5.74) is 1.97. The van der Waals surface area contributed by atoms with E-state index in [1.54, 1.807) is 11.0 Å². The minimum atomic E-state index is -4.42. The van der Waals surface area contributed by atoms with E-state index in [9.17, 15) is 22.8 Å². The lowest BCUT2D eigenvalue weighted by molar-refractivity contribution is -0.137. The van der Waals surface area contributed by atoms with E-state index in [2.05, 4.69) is 0 Å². The first-order chi connectivity index (χ1) is 13.7. The minimum Gasteiger partial charge on any atom is -0.465 e. The van der Waals surface area contributed by atoms with E-state index in [0.29, 0.717) is 25.1 Å². The number of benzene rings is 2. The van der Waals surface area contributed by atoms with Crippen LogP contribution in [0.15, 0.2) is 42.5 Å². The number of rotatable bonds is 2. The van der Waals surface area contributed by atoms with E-state index < -0.39 is 11.7 Å². The fraction of sp³-hybridized carbons (Fsp3) is 0.364. The van der Waals surface area contributed by atoms with Gasteiger partial charge in [0.1, 0.15) is 0 Å². The van der Waals surface area contributed by atoms with Gasteiger partial charge < -0.3 is 9.64 Å². The van der Waals surface area contributed by atoms with Gasteiger partial charge in [-0.3, -0.25) is 4.79 Å². The average Bonchev–Trinajstić information content (AvgIpc) is 3.28. The second-order valence-corrected chi connectivity index (χ2v) is 7.84. The Morgan fingerprint density at radius 1 is 1.07 bits per heavy atom. The number of fused-ring (bicyclic) bond motifs is 1. The molecule has 2 aliphatic rings. The topological polar surface area (TPSA) is 46.6 Å². The van der Waals surface area contributed by atoms with Gasteiger partial charge in [-0.2, -0.15) is 13.2 Å². The molecular formula is C22H20F3NO3. The summed E-state index contributed by atoms with van der Waals surface area (Å²) >= 11 is 0. The number of hydrogen-bond acceptors (Lipinski definition) is 3. The van der Waals surface area contributed by atoms with Gasteiger partial charge in [-0.05, 0) is 66.1 Å². The molecule has 0 saturated carbocycles. The zero-order valence-corrected chi connectivity index (χ0v) is 15.9. The Bertz CT molecular complexity index is 968. The van der Waals surface area contributed by atoms with Crippen molar-refractivity contribution >= 4 is 11.9 Å². The largest absolute Gasteiger partial charge is 0.465 e. The molecule has 1 heterocycles. The number of halogens is 3. The normalized spacial score (nSPS) is 20.8. The van der Waals surface area contributed by atoms with Gasteiger partial charge >= 0.3 is 12.1 Å². The summed E-state index contributed by atoms with van der Waals surface area (Å²) in [6.07, 6.45) is -2.19. The van der Waals surface area contributed by atoms with Gasteiger partial charge in [-0.1, -0.05) is 12.1 Å². The fourth-order valence-corrected chi connectivity index (χ4v) is 4.53. The highest BCUT2D eigenvalue weighted by Crippen LogP contribution is 2.45. The third-order valence-electron chi connectivity index (χ3n) is 5.98. The van der Waals surface area contributed by atoms with Gasteiger partial charge in [0.05, 0.1) is 18.2 Å². The molecule has 4 nitrogen and oxygen atoms in total. The Kier molecular flexibility index (Phi) is 4.63. The van der Waals surface area contributed by atoms with E-state index in [0.717, 1.165) is 36.1 Å². The number of methoxy groups -OCH3 is 1. The number of carbonyl (C=O) groups excluding carboxylic acids is 2. The summed E-state index contributed by atoms with van der Waals surface area (Å²) in [5, 5.41) is 0. The van der Waals surface area contributed by atoms with E-state index in [1.807, 2.05) is 12.1 Å². The van der Waals surface area contributed by atoms with Crippen LogP contribution in [-0.2, 0) is 23.8 Å². The van der Waals surface area contributed by atoms with Crippen LogP contribution in [0.4, 0.5) is 13.2 Å². The third-order valence-corrected chi connectivity index (χ3v) is 5.98. The zero-order chi connectivity index (χ0) is 20.8. The molecule has 1 atom stereocenters. The molecule has 1 amide bonds. The first-order valence-corrected chi connectivity index (χ1v) is 9.38. The van der Waals surface area contributed by atoms with Crippen molar-refractivity contribution < 1.29 is 27.5 Å². The van der Waals surface area contributed by atoms with Crippen LogP contribution in [0.2, 0.25) is 0 Å². The van der Waals surface area contributed by atoms with E-state index in [1.165, 1.54) is 19.2 Å². The highest BCUT2D eigenvalue weighted by Gasteiger charge is 2.45. The molecule has 152 valence electrons. The van der Waals surface area contributed by atoms with Crippen molar-refractivity contribution in [1.29, 1.82) is 0 Å². The zero-order valence-electron chi connectivity index (χ0n) is 15.9. The second-order valence-electron chi connectivity index (χ2n) is 7.84. The lowest BCUT2D eigenvalue weighted by atomic mass is 9.84. The van der Waals surface area contributed by atoms with Crippen molar-refractivity contribution in [2.75, 3.05) is 20.2 Å². The molecule has 0 radical (unpaired) electrons. The number of esters is 1. The SMILES string of the molecule is COC(=O)c1cccc2c1CC1(CCN(C(=O)c3ccc(C(F)(F)F)cc3)C1)C2. The molecule has 1 spiro atoms. The summed E-state index contributed by atoms with van der Waals surface area (Å²) in [4.78, 5) is 26.6. The van der Waals surface area contributed by atoms with Crippen molar-refractivity contribution in [3.8, 4) is 0 Å². The highest BCUT2D eigenvalue weighted by atomic mass is 19.4. The van der Waals surface area contributed by atoms with Gasteiger partial charge in [0.25, 0.3) is 5.91 Å². The predicted octanol–water partition coefficient (Wildman–Crippen LogP) is 4.12.